The van der Waals surface area contributed by atoms with Crippen LogP contribution in [0.1, 0.15) is 1.37 Å². The SMILES string of the molecule is [2H]c1cc(I)cc(N2CCOCC2)n1. The molecule has 70 valence electrons. The van der Waals surface area contributed by atoms with Crippen LogP contribution in [0, 0.1) is 3.57 Å². The first-order valence-electron chi connectivity index (χ1n) is 4.72. The van der Waals surface area contributed by atoms with Crippen molar-refractivity contribution < 1.29 is 6.11 Å². The largest absolute Gasteiger partial charge is 0.378 e. The minimum absolute atomic E-state index is 0.332. The van der Waals surface area contributed by atoms with Crippen molar-refractivity contribution in [1.82, 2.24) is 4.98 Å². The molecule has 1 aromatic heterocycles. The highest BCUT2D eigenvalue weighted by Crippen LogP contribution is 2.14. The molecule has 0 N–H and O–H groups in total. The number of pyridine rings is 1. The van der Waals surface area contributed by atoms with E-state index in [4.69, 9.17) is 6.11 Å². The molecule has 1 saturated heterocycles. The molecule has 1 aliphatic rings. The molecule has 1 fully saturated rings. The Morgan fingerprint density at radius 3 is 3.00 bits per heavy atom. The molecule has 0 saturated carbocycles. The molecule has 0 radical (unpaired) electrons. The van der Waals surface area contributed by atoms with E-state index in [9.17, 15) is 0 Å². The van der Waals surface area contributed by atoms with Crippen LogP contribution < -0.4 is 4.90 Å². The van der Waals surface area contributed by atoms with Crippen LogP contribution in [-0.4, -0.2) is 31.3 Å². The molecule has 2 heterocycles. The van der Waals surface area contributed by atoms with E-state index in [2.05, 4.69) is 32.5 Å². The first-order chi connectivity index (χ1) is 6.75. The second-order valence-corrected chi connectivity index (χ2v) is 4.12. The Morgan fingerprint density at radius 2 is 2.31 bits per heavy atom. The zero-order chi connectivity index (χ0) is 9.97. The van der Waals surface area contributed by atoms with Gasteiger partial charge in [0, 0.05) is 22.8 Å². The Balaban J connectivity index is 2.21. The maximum atomic E-state index is 7.52. The van der Waals surface area contributed by atoms with Crippen LogP contribution in [0.3, 0.4) is 0 Å². The van der Waals surface area contributed by atoms with E-state index >= 15 is 0 Å². The summed E-state index contributed by atoms with van der Waals surface area (Å²) in [6, 6.07) is 3.76. The maximum Gasteiger partial charge on any atom is 0.129 e. The number of anilines is 1. The molecule has 0 bridgehead atoms. The molecule has 1 aliphatic heterocycles. The van der Waals surface area contributed by atoms with Gasteiger partial charge in [-0.1, -0.05) is 0 Å². The van der Waals surface area contributed by atoms with E-state index in [1.165, 1.54) is 0 Å². The Kier molecular flexibility index (Phi) is 2.60. The number of morpholine rings is 1. The minimum atomic E-state index is 0.332. The monoisotopic (exact) mass is 291 g/mol. The number of hydrogen-bond acceptors (Lipinski definition) is 3. The van der Waals surface area contributed by atoms with Gasteiger partial charge in [0.05, 0.1) is 14.6 Å². The molecule has 13 heavy (non-hydrogen) atoms. The smallest absolute Gasteiger partial charge is 0.129 e. The lowest BCUT2D eigenvalue weighted by atomic mass is 10.4. The molecule has 0 aromatic carbocycles. The lowest BCUT2D eigenvalue weighted by molar-refractivity contribution is 0.122. The van der Waals surface area contributed by atoms with Crippen molar-refractivity contribution in [1.29, 1.82) is 0 Å². The third-order valence-corrected chi connectivity index (χ3v) is 2.61. The molecule has 0 unspecified atom stereocenters. The lowest BCUT2D eigenvalue weighted by Gasteiger charge is -2.27. The summed E-state index contributed by atoms with van der Waals surface area (Å²) in [7, 11) is 0. The fourth-order valence-electron chi connectivity index (χ4n) is 1.31. The molecular weight excluding hydrogens is 279 g/mol. The highest BCUT2D eigenvalue weighted by atomic mass is 127. The second-order valence-electron chi connectivity index (χ2n) is 2.87. The fraction of sp³-hybridized carbons (Fsp3) is 0.444. The summed E-state index contributed by atoms with van der Waals surface area (Å²) in [5.41, 5.74) is 0. The lowest BCUT2D eigenvalue weighted by Crippen LogP contribution is -2.36. The predicted octanol–water partition coefficient (Wildman–Crippen LogP) is 1.52. The molecule has 0 spiro atoms. The molecule has 0 atom stereocenters. The number of halogens is 1. The van der Waals surface area contributed by atoms with Crippen molar-refractivity contribution in [3.63, 3.8) is 0 Å². The van der Waals surface area contributed by atoms with Gasteiger partial charge in [-0.3, -0.25) is 0 Å². The third kappa shape index (κ3) is 2.31. The number of hydrogen-bond donors (Lipinski definition) is 0. The number of nitrogens with zero attached hydrogens (tertiary/aromatic N) is 2. The zero-order valence-electron chi connectivity index (χ0n) is 8.16. The van der Waals surface area contributed by atoms with Gasteiger partial charge >= 0.3 is 0 Å². The summed E-state index contributed by atoms with van der Waals surface area (Å²) in [6.45, 7) is 3.24. The Morgan fingerprint density at radius 1 is 1.54 bits per heavy atom. The quantitative estimate of drug-likeness (QED) is 0.734. The van der Waals surface area contributed by atoms with Crippen LogP contribution in [0.25, 0.3) is 0 Å². The summed E-state index contributed by atoms with van der Waals surface area (Å²) < 4.78 is 13.8. The van der Waals surface area contributed by atoms with E-state index in [-0.39, 0.29) is 0 Å². The van der Waals surface area contributed by atoms with Crippen molar-refractivity contribution in [2.24, 2.45) is 0 Å². The average molecular weight is 291 g/mol. The van der Waals surface area contributed by atoms with Gasteiger partial charge in [-0.15, -0.1) is 0 Å². The molecule has 0 amide bonds. The van der Waals surface area contributed by atoms with E-state index in [1.54, 1.807) is 6.07 Å². The van der Waals surface area contributed by atoms with Crippen molar-refractivity contribution in [2.75, 3.05) is 31.2 Å². The van der Waals surface area contributed by atoms with Gasteiger partial charge in [-0.25, -0.2) is 4.98 Å². The first-order valence-corrected chi connectivity index (χ1v) is 5.30. The summed E-state index contributed by atoms with van der Waals surface area (Å²) in [6.07, 6.45) is 0.332. The van der Waals surface area contributed by atoms with Crippen LogP contribution in [0.5, 0.6) is 0 Å². The summed E-state index contributed by atoms with van der Waals surface area (Å²) in [4.78, 5) is 6.35. The van der Waals surface area contributed by atoms with Gasteiger partial charge in [0.2, 0.25) is 0 Å². The Labute approximate surface area is 92.6 Å². The van der Waals surface area contributed by atoms with E-state index in [0.717, 1.165) is 35.7 Å². The molecular formula is C9H11IN2O. The molecule has 1 aromatic rings. The topological polar surface area (TPSA) is 25.4 Å². The van der Waals surface area contributed by atoms with Gasteiger partial charge in [-0.05, 0) is 34.7 Å². The van der Waals surface area contributed by atoms with E-state index in [0.29, 0.717) is 6.17 Å². The van der Waals surface area contributed by atoms with Crippen molar-refractivity contribution >= 4 is 28.4 Å². The molecule has 2 rings (SSSR count). The van der Waals surface area contributed by atoms with Crippen LogP contribution in [0.2, 0.25) is 0 Å². The van der Waals surface area contributed by atoms with Gasteiger partial charge in [0.15, 0.2) is 0 Å². The van der Waals surface area contributed by atoms with Crippen molar-refractivity contribution in [2.45, 2.75) is 0 Å². The van der Waals surface area contributed by atoms with Crippen LogP contribution in [-0.2, 0) is 4.74 Å². The first kappa shape index (κ1) is 7.99. The number of aromatic nitrogens is 1. The fourth-order valence-corrected chi connectivity index (χ4v) is 1.73. The van der Waals surface area contributed by atoms with Gasteiger partial charge in [-0.2, -0.15) is 0 Å². The standard InChI is InChI=1S/C9H11IN2O/c10-8-1-2-11-9(7-8)12-3-5-13-6-4-12/h1-2,7H,3-6H2/i2D. The minimum Gasteiger partial charge on any atom is -0.378 e. The summed E-state index contributed by atoms with van der Waals surface area (Å²) in [5.74, 6) is 0.894. The normalized spacial score (nSPS) is 18.5. The van der Waals surface area contributed by atoms with Crippen LogP contribution in [0.15, 0.2) is 18.3 Å². The Hall–Kier alpha value is -0.360. The Bertz CT molecular complexity index is 308. The predicted molar refractivity (Wildman–Crippen MR) is 60.0 cm³/mol. The highest BCUT2D eigenvalue weighted by molar-refractivity contribution is 14.1. The van der Waals surface area contributed by atoms with E-state index < -0.39 is 0 Å². The average Bonchev–Trinajstić information content (AvgIpc) is 2.18. The van der Waals surface area contributed by atoms with E-state index in [1.807, 2.05) is 6.07 Å². The summed E-state index contributed by atoms with van der Waals surface area (Å²) >= 11 is 2.21. The zero-order valence-corrected chi connectivity index (χ0v) is 9.32. The molecule has 3 nitrogen and oxygen atoms in total. The van der Waals surface area contributed by atoms with Gasteiger partial charge in [0.25, 0.3) is 0 Å². The molecule has 4 heteroatoms. The van der Waals surface area contributed by atoms with Crippen molar-refractivity contribution in [3.8, 4) is 0 Å². The maximum absolute atomic E-state index is 7.52. The van der Waals surface area contributed by atoms with Crippen LogP contribution >= 0.6 is 22.6 Å². The second kappa shape index (κ2) is 4.23. The number of ether oxygens (including phenoxy) is 1. The van der Waals surface area contributed by atoms with Gasteiger partial charge in [0.1, 0.15) is 5.82 Å². The summed E-state index contributed by atoms with van der Waals surface area (Å²) in [5, 5.41) is 0. The van der Waals surface area contributed by atoms with Crippen LogP contribution in [0.4, 0.5) is 5.82 Å². The van der Waals surface area contributed by atoms with Gasteiger partial charge < -0.3 is 9.64 Å². The number of rotatable bonds is 1. The molecule has 0 aliphatic carbocycles. The highest BCUT2D eigenvalue weighted by Gasteiger charge is 2.11. The third-order valence-electron chi connectivity index (χ3n) is 1.98. The van der Waals surface area contributed by atoms with Crippen molar-refractivity contribution in [3.05, 3.63) is 21.9 Å².